The van der Waals surface area contributed by atoms with Crippen molar-refractivity contribution in [3.63, 3.8) is 0 Å². The van der Waals surface area contributed by atoms with Crippen LogP contribution in [0.5, 0.6) is 0 Å². The second-order valence-electron chi connectivity index (χ2n) is 9.31. The van der Waals surface area contributed by atoms with Gasteiger partial charge in [0.2, 0.25) is 5.91 Å². The maximum atomic E-state index is 13.8. The zero-order chi connectivity index (χ0) is 28.3. The van der Waals surface area contributed by atoms with E-state index in [0.717, 1.165) is 16.0 Å². The fourth-order valence-corrected chi connectivity index (χ4v) is 8.44. The number of nitrogens with one attached hydrogen (secondary N) is 2. The highest BCUT2D eigenvalue weighted by molar-refractivity contribution is 7.92. The van der Waals surface area contributed by atoms with Crippen molar-refractivity contribution in [3.05, 3.63) is 83.2 Å². The molecule has 13 heteroatoms. The van der Waals surface area contributed by atoms with Crippen molar-refractivity contribution < 1.29 is 27.6 Å². The predicted octanol–water partition coefficient (Wildman–Crippen LogP) is 5.17. The fourth-order valence-electron chi connectivity index (χ4n) is 4.70. The number of benzene rings is 2. The van der Waals surface area contributed by atoms with E-state index in [2.05, 4.69) is 10.3 Å². The minimum Gasteiger partial charge on any atom is -0.444 e. The molecule has 5 rings (SSSR count). The van der Waals surface area contributed by atoms with Gasteiger partial charge >= 0.3 is 6.03 Å². The maximum absolute atomic E-state index is 13.8. The Kier molecular flexibility index (Phi) is 7.95. The molecule has 0 aliphatic carbocycles. The number of nitrogens with zero attached hydrogens (tertiary/aromatic N) is 2. The van der Waals surface area contributed by atoms with Gasteiger partial charge in [-0.05, 0) is 48.4 Å². The average molecular weight is 601 g/mol. The van der Waals surface area contributed by atoms with Crippen LogP contribution in [0.3, 0.4) is 0 Å². The van der Waals surface area contributed by atoms with Crippen LogP contribution in [0.1, 0.15) is 17.7 Å². The lowest BCUT2D eigenvalue weighted by Crippen LogP contribution is -2.41. The number of anilines is 1. The Morgan fingerprint density at radius 1 is 1.05 bits per heavy atom. The average Bonchev–Trinajstić information content (AvgIpc) is 3.64. The number of oxazole rings is 1. The molecule has 2 aromatic heterocycles. The van der Waals surface area contributed by atoms with Crippen LogP contribution in [-0.4, -0.2) is 54.3 Å². The van der Waals surface area contributed by atoms with Gasteiger partial charge in [-0.2, -0.15) is 0 Å². The highest BCUT2D eigenvalue weighted by Crippen LogP contribution is 2.45. The van der Waals surface area contributed by atoms with Gasteiger partial charge in [0.15, 0.2) is 22.0 Å². The Morgan fingerprint density at radius 2 is 1.77 bits per heavy atom. The standard InChI is InChI=1S/C27H25ClN4O6S2/c28-20-5-7-21(8-6-20)30-26(34)32-12-11-27(15-25(33)31-35,40(36,37)14-13-32)24-10-9-23(39-24)19-3-1-18(2-4-19)22-16-29-17-38-22/h1-10,16-17,35H,11-15H2,(H,30,34)(H,31,33). The first-order chi connectivity index (χ1) is 19.2. The molecule has 0 spiro atoms. The van der Waals surface area contributed by atoms with Gasteiger partial charge in [-0.1, -0.05) is 35.9 Å². The fraction of sp³-hybridized carbons (Fsp3) is 0.222. The number of rotatable bonds is 6. The molecule has 10 nitrogen and oxygen atoms in total. The number of halogens is 1. The van der Waals surface area contributed by atoms with E-state index in [-0.39, 0.29) is 25.3 Å². The predicted molar refractivity (Wildman–Crippen MR) is 152 cm³/mol. The molecule has 1 saturated heterocycles. The summed E-state index contributed by atoms with van der Waals surface area (Å²) in [4.78, 5) is 32.0. The van der Waals surface area contributed by atoms with Crippen molar-refractivity contribution in [3.8, 4) is 21.8 Å². The van der Waals surface area contributed by atoms with Crippen molar-refractivity contribution in [2.24, 2.45) is 0 Å². The number of thiophene rings is 1. The Hall–Kier alpha value is -3.71. The number of sulfone groups is 1. The van der Waals surface area contributed by atoms with Gasteiger partial charge in [0.25, 0.3) is 0 Å². The normalized spacial score (nSPS) is 18.6. The third-order valence-electron chi connectivity index (χ3n) is 6.91. The molecular formula is C27H25ClN4O6S2. The van der Waals surface area contributed by atoms with E-state index < -0.39 is 32.9 Å². The summed E-state index contributed by atoms with van der Waals surface area (Å²) in [6.45, 7) is 0.0298. The number of hydrogen-bond acceptors (Lipinski definition) is 8. The van der Waals surface area contributed by atoms with E-state index in [1.165, 1.54) is 22.6 Å². The summed E-state index contributed by atoms with van der Waals surface area (Å²) in [5.41, 5.74) is 3.80. The molecule has 1 atom stereocenters. The summed E-state index contributed by atoms with van der Waals surface area (Å²) in [5, 5.41) is 12.6. The summed E-state index contributed by atoms with van der Waals surface area (Å²) < 4.78 is 31.3. The molecule has 40 heavy (non-hydrogen) atoms. The molecule has 3 N–H and O–H groups in total. The number of carbonyl (C=O) groups excluding carboxylic acids is 2. The molecule has 1 aliphatic heterocycles. The van der Waals surface area contributed by atoms with Crippen LogP contribution >= 0.6 is 22.9 Å². The number of carbonyl (C=O) groups is 2. The quantitative estimate of drug-likeness (QED) is 0.205. The smallest absolute Gasteiger partial charge is 0.321 e. The first-order valence-electron chi connectivity index (χ1n) is 12.3. The lowest BCUT2D eigenvalue weighted by Gasteiger charge is -2.30. The number of hydrogen-bond donors (Lipinski definition) is 3. The van der Waals surface area contributed by atoms with Crippen LogP contribution in [0.25, 0.3) is 21.8 Å². The largest absolute Gasteiger partial charge is 0.444 e. The van der Waals surface area contributed by atoms with Gasteiger partial charge in [-0.3, -0.25) is 10.0 Å². The molecule has 1 fully saturated rings. The van der Waals surface area contributed by atoms with Crippen LogP contribution in [-0.2, 0) is 19.4 Å². The highest BCUT2D eigenvalue weighted by Gasteiger charge is 2.49. The number of amides is 3. The van der Waals surface area contributed by atoms with E-state index in [4.69, 9.17) is 16.0 Å². The van der Waals surface area contributed by atoms with Crippen LogP contribution in [0, 0.1) is 0 Å². The third kappa shape index (κ3) is 5.61. The summed E-state index contributed by atoms with van der Waals surface area (Å²) >= 11 is 7.18. The zero-order valence-electron chi connectivity index (χ0n) is 21.0. The second kappa shape index (κ2) is 11.4. The third-order valence-corrected chi connectivity index (χ3v) is 11.1. The van der Waals surface area contributed by atoms with Gasteiger partial charge in [-0.15, -0.1) is 11.3 Å². The number of urea groups is 1. The van der Waals surface area contributed by atoms with Crippen molar-refractivity contribution in [1.82, 2.24) is 15.4 Å². The molecule has 1 aliphatic rings. The lowest BCUT2D eigenvalue weighted by atomic mass is 9.97. The SMILES string of the molecule is O=C(CC1(c2ccc(-c3ccc(-c4cnco4)cc3)s2)CCN(C(=O)Nc2ccc(Cl)cc2)CCS1(=O)=O)NO. The molecular weight excluding hydrogens is 576 g/mol. The number of hydroxylamine groups is 1. The molecule has 0 radical (unpaired) electrons. The Morgan fingerprint density at radius 3 is 2.45 bits per heavy atom. The van der Waals surface area contributed by atoms with Gasteiger partial charge in [-0.25, -0.2) is 23.7 Å². The molecule has 0 saturated carbocycles. The van der Waals surface area contributed by atoms with Crippen LogP contribution in [0.4, 0.5) is 10.5 Å². The Labute approximate surface area is 239 Å². The highest BCUT2D eigenvalue weighted by atomic mass is 35.5. The molecule has 1 unspecified atom stereocenters. The summed E-state index contributed by atoms with van der Waals surface area (Å²) in [6, 6.07) is 17.2. The Bertz CT molecular complexity index is 1610. The maximum Gasteiger partial charge on any atom is 0.321 e. The monoisotopic (exact) mass is 600 g/mol. The van der Waals surface area contributed by atoms with Crippen LogP contribution in [0.2, 0.25) is 5.02 Å². The molecule has 0 bridgehead atoms. The van der Waals surface area contributed by atoms with Gasteiger partial charge in [0, 0.05) is 39.1 Å². The minimum absolute atomic E-state index is 0.0266. The molecule has 4 aromatic rings. The van der Waals surface area contributed by atoms with Crippen LogP contribution in [0.15, 0.2) is 77.7 Å². The van der Waals surface area contributed by atoms with E-state index >= 15 is 0 Å². The molecule has 3 amide bonds. The van der Waals surface area contributed by atoms with Crippen LogP contribution < -0.4 is 10.8 Å². The van der Waals surface area contributed by atoms with Crippen molar-refractivity contribution >= 4 is 50.4 Å². The molecule has 3 heterocycles. The first-order valence-corrected chi connectivity index (χ1v) is 15.1. The summed E-state index contributed by atoms with van der Waals surface area (Å²) in [5.74, 6) is -0.547. The van der Waals surface area contributed by atoms with Crippen molar-refractivity contribution in [2.75, 3.05) is 24.2 Å². The van der Waals surface area contributed by atoms with Gasteiger partial charge in [0.1, 0.15) is 4.75 Å². The topological polar surface area (TPSA) is 142 Å². The summed E-state index contributed by atoms with van der Waals surface area (Å²) in [6.07, 6.45) is 2.46. The van der Waals surface area contributed by atoms with E-state index in [1.807, 2.05) is 30.3 Å². The summed E-state index contributed by atoms with van der Waals surface area (Å²) in [7, 11) is -3.95. The van der Waals surface area contributed by atoms with Crippen molar-refractivity contribution in [1.29, 1.82) is 0 Å². The van der Waals surface area contributed by atoms with Gasteiger partial charge < -0.3 is 14.6 Å². The molecule has 2 aromatic carbocycles. The number of aromatic nitrogens is 1. The van der Waals surface area contributed by atoms with E-state index in [1.54, 1.807) is 42.0 Å². The first kappa shape index (κ1) is 27.8. The minimum atomic E-state index is -3.95. The van der Waals surface area contributed by atoms with E-state index in [9.17, 15) is 23.2 Å². The zero-order valence-corrected chi connectivity index (χ0v) is 23.4. The Balaban J connectivity index is 1.43. The van der Waals surface area contributed by atoms with Crippen molar-refractivity contribution in [2.45, 2.75) is 17.6 Å². The van der Waals surface area contributed by atoms with E-state index in [0.29, 0.717) is 21.3 Å². The van der Waals surface area contributed by atoms with Gasteiger partial charge in [0.05, 0.1) is 18.4 Å². The lowest BCUT2D eigenvalue weighted by molar-refractivity contribution is -0.129. The molecule has 208 valence electrons. The second-order valence-corrected chi connectivity index (χ2v) is 13.2.